The lowest BCUT2D eigenvalue weighted by atomic mass is 10.00. The van der Waals surface area contributed by atoms with Crippen LogP contribution in [0.3, 0.4) is 0 Å². The van der Waals surface area contributed by atoms with Gasteiger partial charge in [0.1, 0.15) is 29.1 Å². The number of fused-ring (bicyclic) bond motifs is 1. The number of hydrogen-bond donors (Lipinski definition) is 1. The fraction of sp³-hybridized carbons (Fsp3) is 0.296. The first kappa shape index (κ1) is 26.9. The number of pyridine rings is 1. The van der Waals surface area contributed by atoms with Crippen molar-refractivity contribution in [3.8, 4) is 23.0 Å². The molecule has 1 saturated heterocycles. The third-order valence-corrected chi connectivity index (χ3v) is 7.24. The van der Waals surface area contributed by atoms with Gasteiger partial charge in [0, 0.05) is 37.1 Å². The second-order valence-corrected chi connectivity index (χ2v) is 10.2. The maximum Gasteiger partial charge on any atom is 0.280 e. The van der Waals surface area contributed by atoms with Gasteiger partial charge in [-0.2, -0.15) is 0 Å². The van der Waals surface area contributed by atoms with Crippen LogP contribution in [0.15, 0.2) is 58.8 Å². The zero-order valence-electron chi connectivity index (χ0n) is 21.6. The van der Waals surface area contributed by atoms with Gasteiger partial charge in [-0.05, 0) is 38.6 Å². The molecule has 202 valence electrons. The molecule has 1 fully saturated rings. The van der Waals surface area contributed by atoms with E-state index in [4.69, 9.17) is 9.40 Å². The van der Waals surface area contributed by atoms with E-state index in [9.17, 15) is 4.79 Å². The van der Waals surface area contributed by atoms with E-state index in [0.717, 1.165) is 11.2 Å². The summed E-state index contributed by atoms with van der Waals surface area (Å²) in [7, 11) is 2.01. The number of imidazole rings is 1. The quantitative estimate of drug-likeness (QED) is 0.292. The average molecular weight is 568 g/mol. The molecule has 5 aromatic rings. The Morgan fingerprint density at radius 3 is 2.74 bits per heavy atom. The number of hydrogen-bond acceptors (Lipinski definition) is 8. The molecule has 0 spiro atoms. The fourth-order valence-corrected chi connectivity index (χ4v) is 5.49. The molecule has 0 aliphatic carbocycles. The van der Waals surface area contributed by atoms with Crippen LogP contribution in [0.5, 0.6) is 0 Å². The van der Waals surface area contributed by atoms with Crippen LogP contribution >= 0.6 is 22.9 Å². The van der Waals surface area contributed by atoms with Crippen LogP contribution in [-0.4, -0.2) is 67.9 Å². The Hall–Kier alpha value is -3.67. The van der Waals surface area contributed by atoms with Crippen molar-refractivity contribution in [1.29, 1.82) is 0 Å². The normalized spacial score (nSPS) is 17.6. The minimum atomic E-state index is -0.353. The van der Waals surface area contributed by atoms with E-state index in [-0.39, 0.29) is 23.8 Å². The number of thiazole rings is 1. The number of benzene rings is 1. The molecule has 9 nitrogen and oxygen atoms in total. The van der Waals surface area contributed by atoms with Crippen molar-refractivity contribution in [2.75, 3.05) is 26.5 Å². The van der Waals surface area contributed by atoms with E-state index in [2.05, 4.69) is 41.3 Å². The van der Waals surface area contributed by atoms with E-state index < -0.39 is 0 Å². The van der Waals surface area contributed by atoms with Gasteiger partial charge in [0.2, 0.25) is 5.89 Å². The summed E-state index contributed by atoms with van der Waals surface area (Å²) < 4.78 is 22.7. The Morgan fingerprint density at radius 1 is 1.21 bits per heavy atom. The highest BCUT2D eigenvalue weighted by Crippen LogP contribution is 2.34. The molecule has 1 aliphatic rings. The number of alkyl halides is 1. The molecule has 0 radical (unpaired) electrons. The highest BCUT2D eigenvalue weighted by molar-refractivity contribution is 7.11. The number of halogens is 2. The van der Waals surface area contributed by atoms with Gasteiger partial charge in [0.25, 0.3) is 5.91 Å². The van der Waals surface area contributed by atoms with Crippen molar-refractivity contribution in [2.24, 2.45) is 0 Å². The molecule has 6 rings (SSSR count). The molecule has 5 heterocycles. The van der Waals surface area contributed by atoms with Crippen LogP contribution in [0.1, 0.15) is 28.0 Å². The molecule has 1 aliphatic heterocycles. The smallest absolute Gasteiger partial charge is 0.280 e. The number of carbonyl (C=O) groups excluding carboxylic acids is 1. The van der Waals surface area contributed by atoms with Crippen molar-refractivity contribution in [2.45, 2.75) is 25.4 Å². The summed E-state index contributed by atoms with van der Waals surface area (Å²) in [5.41, 5.74) is 3.17. The minimum Gasteiger partial charge on any atom is -0.443 e. The van der Waals surface area contributed by atoms with E-state index in [0.29, 0.717) is 53.0 Å². The van der Waals surface area contributed by atoms with Crippen LogP contribution in [0.4, 0.5) is 4.39 Å². The van der Waals surface area contributed by atoms with Crippen molar-refractivity contribution in [3.63, 3.8) is 0 Å². The first-order chi connectivity index (χ1) is 19.0. The average Bonchev–Trinajstić information content (AvgIpc) is 3.69. The number of likely N-dealkylation sites (N-methyl/N-ethyl adjacent to an activating group) is 1. The lowest BCUT2D eigenvalue weighted by Crippen LogP contribution is -2.50. The summed E-state index contributed by atoms with van der Waals surface area (Å²) in [5.74, 6) is 0.382. The topological polar surface area (TPSA) is 102 Å². The summed E-state index contributed by atoms with van der Waals surface area (Å²) in [6.45, 7) is 3.24. The van der Waals surface area contributed by atoms with Crippen molar-refractivity contribution >= 4 is 39.9 Å². The molecule has 2 atom stereocenters. The van der Waals surface area contributed by atoms with Crippen LogP contribution < -0.4 is 5.32 Å². The number of oxazole rings is 1. The minimum absolute atomic E-state index is 0.0958. The fourth-order valence-electron chi connectivity index (χ4n) is 4.95. The third kappa shape index (κ3) is 5.56. The molecule has 4 aromatic heterocycles. The molecule has 1 N–H and O–H groups in total. The number of likely N-dealkylation sites (tertiary alicyclic amines) is 1. The Morgan fingerprint density at radius 2 is 2.03 bits per heavy atom. The molecule has 1 amide bonds. The zero-order chi connectivity index (χ0) is 27.5. The SMILES string of the molecule is CCl.Cc1coc(-c2cc3c(cn2)nc(-c2ccccc2F)n3C2CC(NC(=O)c3nccs3)CN(C)C2)n1. The monoisotopic (exact) mass is 567 g/mol. The summed E-state index contributed by atoms with van der Waals surface area (Å²) in [4.78, 5) is 32.8. The number of piperidine rings is 1. The number of nitrogens with one attached hydrogen (secondary N) is 1. The second-order valence-electron chi connectivity index (χ2n) is 9.26. The van der Waals surface area contributed by atoms with Crippen LogP contribution in [0.25, 0.3) is 34.0 Å². The van der Waals surface area contributed by atoms with E-state index in [1.165, 1.54) is 23.8 Å². The highest BCUT2D eigenvalue weighted by Gasteiger charge is 2.31. The van der Waals surface area contributed by atoms with Crippen molar-refractivity contribution in [1.82, 2.24) is 34.7 Å². The summed E-state index contributed by atoms with van der Waals surface area (Å²) >= 11 is 5.95. The molecule has 12 heteroatoms. The van der Waals surface area contributed by atoms with Gasteiger partial charge in [-0.3, -0.25) is 4.79 Å². The Bertz CT molecular complexity index is 1590. The Balaban J connectivity index is 0.00000151. The van der Waals surface area contributed by atoms with Gasteiger partial charge < -0.3 is 19.2 Å². The zero-order valence-corrected chi connectivity index (χ0v) is 23.2. The lowest BCUT2D eigenvalue weighted by molar-refractivity contribution is 0.0893. The van der Waals surface area contributed by atoms with E-state index >= 15 is 4.39 Å². The first-order valence-corrected chi connectivity index (χ1v) is 13.9. The molecule has 0 saturated carbocycles. The number of aryl methyl sites for hydroxylation is 1. The van der Waals surface area contributed by atoms with Gasteiger partial charge in [0.15, 0.2) is 5.01 Å². The van der Waals surface area contributed by atoms with E-state index in [1.54, 1.807) is 42.2 Å². The van der Waals surface area contributed by atoms with Gasteiger partial charge >= 0.3 is 0 Å². The maximum absolute atomic E-state index is 15.0. The highest BCUT2D eigenvalue weighted by atomic mass is 35.5. The number of amides is 1. The number of rotatable bonds is 5. The summed E-state index contributed by atoms with van der Waals surface area (Å²) in [6, 6.07) is 8.29. The van der Waals surface area contributed by atoms with Crippen molar-refractivity contribution < 1.29 is 13.6 Å². The summed E-state index contributed by atoms with van der Waals surface area (Å²) in [5, 5.41) is 5.34. The number of nitrogens with zero attached hydrogens (tertiary/aromatic N) is 6. The Kier molecular flexibility index (Phi) is 8.01. The molecule has 2 unspecified atom stereocenters. The van der Waals surface area contributed by atoms with Gasteiger partial charge in [-0.25, -0.2) is 24.3 Å². The molecule has 0 bridgehead atoms. The first-order valence-electron chi connectivity index (χ1n) is 12.3. The van der Waals surface area contributed by atoms with Gasteiger partial charge in [-0.15, -0.1) is 22.9 Å². The van der Waals surface area contributed by atoms with Crippen molar-refractivity contribution in [3.05, 3.63) is 70.9 Å². The molecular weight excluding hydrogens is 541 g/mol. The van der Waals surface area contributed by atoms with Crippen LogP contribution in [-0.2, 0) is 0 Å². The Labute approximate surface area is 233 Å². The standard InChI is InChI=1S/C26H24FN7O2S.CH3Cl/c1-15-14-36-25(30-15)20-10-22-21(11-29-20)32-23(18-5-3-4-6-19(18)27)34(22)17-9-16(12-33(2)13-17)31-24(35)26-28-7-8-37-26;1-2/h3-8,10-11,14,16-17H,9,12-13H2,1-2H3,(H,31,35);1H3. The number of carbonyl (C=O) groups is 1. The predicted molar refractivity (Wildman–Crippen MR) is 149 cm³/mol. The molecular formula is C27H27ClFN7O2S. The molecule has 1 aromatic carbocycles. The summed E-state index contributed by atoms with van der Waals surface area (Å²) in [6.07, 6.45) is 6.98. The predicted octanol–water partition coefficient (Wildman–Crippen LogP) is 5.19. The van der Waals surface area contributed by atoms with Crippen LogP contribution in [0.2, 0.25) is 0 Å². The van der Waals surface area contributed by atoms with Gasteiger partial charge in [0.05, 0.1) is 29.0 Å². The maximum atomic E-state index is 15.0. The number of aromatic nitrogens is 5. The lowest BCUT2D eigenvalue weighted by Gasteiger charge is -2.37. The third-order valence-electron chi connectivity index (χ3n) is 6.47. The molecule has 39 heavy (non-hydrogen) atoms. The van der Waals surface area contributed by atoms with E-state index in [1.807, 2.05) is 20.0 Å². The van der Waals surface area contributed by atoms with Crippen LogP contribution in [0, 0.1) is 12.7 Å². The largest absolute Gasteiger partial charge is 0.443 e. The van der Waals surface area contributed by atoms with Gasteiger partial charge in [-0.1, -0.05) is 12.1 Å². The second kappa shape index (κ2) is 11.6.